The van der Waals surface area contributed by atoms with Crippen molar-refractivity contribution in [2.45, 2.75) is 46.7 Å². The Labute approximate surface area is 143 Å². The summed E-state index contributed by atoms with van der Waals surface area (Å²) < 4.78 is 16.4. The highest BCUT2D eigenvalue weighted by molar-refractivity contribution is 5.95. The fourth-order valence-electron chi connectivity index (χ4n) is 3.26. The summed E-state index contributed by atoms with van der Waals surface area (Å²) in [6, 6.07) is 4.02. The Balaban J connectivity index is 2.27. The number of nitrogens with zero attached hydrogens (tertiary/aromatic N) is 2. The van der Waals surface area contributed by atoms with Gasteiger partial charge in [-0.2, -0.15) is 0 Å². The highest BCUT2D eigenvalue weighted by Crippen LogP contribution is 2.43. The highest BCUT2D eigenvalue weighted by Gasteiger charge is 2.33. The van der Waals surface area contributed by atoms with Crippen LogP contribution in [0.1, 0.15) is 44.9 Å². The number of hydrogen-bond acceptors (Lipinski definition) is 1. The van der Waals surface area contributed by atoms with E-state index in [2.05, 4.69) is 47.3 Å². The average molecular weight is 324 g/mol. The lowest BCUT2D eigenvalue weighted by atomic mass is 9.77. The molecule has 1 aliphatic rings. The summed E-state index contributed by atoms with van der Waals surface area (Å²) in [6.45, 7) is 11.7. The molecule has 2 aromatic heterocycles. The number of fused-ring (bicyclic) bond motifs is 1. The SMILES string of the molecule is C=C(c1c(C)n(C2=CCCC=C2)c2cccnc12)C(C)(C)[C@@H](C)F. The van der Waals surface area contributed by atoms with E-state index in [0.29, 0.717) is 0 Å². The number of rotatable bonds is 4. The number of alkyl halides is 1. The molecule has 0 fully saturated rings. The van der Waals surface area contributed by atoms with Gasteiger partial charge in [-0.3, -0.25) is 4.98 Å². The summed E-state index contributed by atoms with van der Waals surface area (Å²) in [4.78, 5) is 4.60. The maximum Gasteiger partial charge on any atom is 0.106 e. The van der Waals surface area contributed by atoms with Crippen LogP contribution < -0.4 is 0 Å². The van der Waals surface area contributed by atoms with Gasteiger partial charge in [-0.1, -0.05) is 32.6 Å². The zero-order chi connectivity index (χ0) is 17.5. The Hall–Kier alpha value is -2.16. The van der Waals surface area contributed by atoms with E-state index >= 15 is 0 Å². The first kappa shape index (κ1) is 16.7. The van der Waals surface area contributed by atoms with Crippen LogP contribution in [0.4, 0.5) is 4.39 Å². The molecule has 2 heterocycles. The van der Waals surface area contributed by atoms with Crippen LogP contribution in [0.15, 0.2) is 43.1 Å². The Morgan fingerprint density at radius 2 is 2.12 bits per heavy atom. The van der Waals surface area contributed by atoms with Gasteiger partial charge in [-0.05, 0) is 50.5 Å². The van der Waals surface area contributed by atoms with E-state index in [0.717, 1.165) is 46.4 Å². The Bertz CT molecular complexity index is 850. The van der Waals surface area contributed by atoms with Crippen LogP contribution in [0.5, 0.6) is 0 Å². The molecule has 0 saturated carbocycles. The molecule has 3 heteroatoms. The van der Waals surface area contributed by atoms with E-state index in [9.17, 15) is 4.39 Å². The summed E-state index contributed by atoms with van der Waals surface area (Å²) in [6.07, 6.45) is 9.51. The molecule has 0 saturated heterocycles. The first-order valence-corrected chi connectivity index (χ1v) is 8.52. The first-order chi connectivity index (χ1) is 11.4. The minimum Gasteiger partial charge on any atom is -0.312 e. The predicted molar refractivity (Wildman–Crippen MR) is 101 cm³/mol. The zero-order valence-corrected chi connectivity index (χ0v) is 14.9. The van der Waals surface area contributed by atoms with E-state index in [1.165, 1.54) is 0 Å². The summed E-state index contributed by atoms with van der Waals surface area (Å²) >= 11 is 0. The van der Waals surface area contributed by atoms with Gasteiger partial charge in [-0.15, -0.1) is 0 Å². The summed E-state index contributed by atoms with van der Waals surface area (Å²) in [5.41, 5.74) is 5.30. The Kier molecular flexibility index (Phi) is 4.20. The van der Waals surface area contributed by atoms with E-state index in [-0.39, 0.29) is 0 Å². The number of hydrogen-bond donors (Lipinski definition) is 0. The number of halogens is 1. The van der Waals surface area contributed by atoms with Gasteiger partial charge in [0.15, 0.2) is 0 Å². The maximum atomic E-state index is 14.2. The Morgan fingerprint density at radius 3 is 2.75 bits per heavy atom. The van der Waals surface area contributed by atoms with Crippen LogP contribution in [0.3, 0.4) is 0 Å². The van der Waals surface area contributed by atoms with Crippen molar-refractivity contribution < 1.29 is 4.39 Å². The molecule has 24 heavy (non-hydrogen) atoms. The van der Waals surface area contributed by atoms with Gasteiger partial charge >= 0.3 is 0 Å². The van der Waals surface area contributed by atoms with Gasteiger partial charge in [-0.25, -0.2) is 4.39 Å². The second-order valence-electron chi connectivity index (χ2n) is 7.09. The van der Waals surface area contributed by atoms with Crippen molar-refractivity contribution in [3.8, 4) is 0 Å². The van der Waals surface area contributed by atoms with Crippen molar-refractivity contribution in [3.63, 3.8) is 0 Å². The van der Waals surface area contributed by atoms with Crippen LogP contribution in [-0.4, -0.2) is 15.7 Å². The van der Waals surface area contributed by atoms with Gasteiger partial charge in [0, 0.05) is 28.6 Å². The molecule has 0 unspecified atom stereocenters. The molecule has 0 aromatic carbocycles. The molecule has 0 amide bonds. The third-order valence-corrected chi connectivity index (χ3v) is 5.27. The second-order valence-corrected chi connectivity index (χ2v) is 7.09. The molecule has 2 aromatic rings. The molecule has 0 N–H and O–H groups in total. The van der Waals surface area contributed by atoms with Gasteiger partial charge in [0.2, 0.25) is 0 Å². The van der Waals surface area contributed by atoms with Crippen molar-refractivity contribution in [2.75, 3.05) is 0 Å². The number of aromatic nitrogens is 2. The van der Waals surface area contributed by atoms with Crippen LogP contribution in [-0.2, 0) is 0 Å². The highest BCUT2D eigenvalue weighted by atomic mass is 19.1. The quantitative estimate of drug-likeness (QED) is 0.681. The molecule has 2 nitrogen and oxygen atoms in total. The maximum absolute atomic E-state index is 14.2. The predicted octanol–water partition coefficient (Wildman–Crippen LogP) is 5.93. The van der Waals surface area contributed by atoms with Crippen LogP contribution in [0.25, 0.3) is 22.3 Å². The molecule has 0 radical (unpaired) electrons. The van der Waals surface area contributed by atoms with Crippen molar-refractivity contribution in [3.05, 3.63) is 54.4 Å². The van der Waals surface area contributed by atoms with E-state index in [1.807, 2.05) is 19.9 Å². The standard InChI is InChI=1S/C21H25FN2/c1-14(21(4,5)16(3)22)19-15(2)24(17-10-7-6-8-11-17)18-12-9-13-23-20(18)19/h7,9-13,16H,1,6,8H2,2-5H3/t16-/m1/s1. The molecule has 0 bridgehead atoms. The van der Waals surface area contributed by atoms with Gasteiger partial charge < -0.3 is 4.57 Å². The van der Waals surface area contributed by atoms with E-state index < -0.39 is 11.6 Å². The smallest absolute Gasteiger partial charge is 0.106 e. The normalized spacial score (nSPS) is 16.3. The molecule has 0 aliphatic heterocycles. The number of pyridine rings is 1. The average Bonchev–Trinajstić information content (AvgIpc) is 2.86. The molecular weight excluding hydrogens is 299 g/mol. The van der Waals surface area contributed by atoms with Gasteiger partial charge in [0.25, 0.3) is 0 Å². The largest absolute Gasteiger partial charge is 0.312 e. The van der Waals surface area contributed by atoms with E-state index in [1.54, 1.807) is 13.1 Å². The molecule has 126 valence electrons. The lowest BCUT2D eigenvalue weighted by molar-refractivity contribution is 0.221. The second kappa shape index (κ2) is 6.04. The zero-order valence-electron chi connectivity index (χ0n) is 14.9. The molecule has 1 aliphatic carbocycles. The third kappa shape index (κ3) is 2.52. The van der Waals surface area contributed by atoms with Crippen molar-refractivity contribution in [2.24, 2.45) is 5.41 Å². The number of allylic oxidation sites excluding steroid dienone is 5. The topological polar surface area (TPSA) is 17.8 Å². The van der Waals surface area contributed by atoms with E-state index in [4.69, 9.17) is 0 Å². The monoisotopic (exact) mass is 324 g/mol. The molecule has 0 spiro atoms. The van der Waals surface area contributed by atoms with Crippen molar-refractivity contribution >= 4 is 22.3 Å². The van der Waals surface area contributed by atoms with Crippen LogP contribution in [0, 0.1) is 12.3 Å². The first-order valence-electron chi connectivity index (χ1n) is 8.52. The van der Waals surface area contributed by atoms with Crippen LogP contribution in [0.2, 0.25) is 0 Å². The van der Waals surface area contributed by atoms with Gasteiger partial charge in [0.05, 0.1) is 11.0 Å². The fourth-order valence-corrected chi connectivity index (χ4v) is 3.26. The minimum absolute atomic E-state index is 0.641. The minimum atomic E-state index is -0.986. The Morgan fingerprint density at radius 1 is 1.38 bits per heavy atom. The summed E-state index contributed by atoms with van der Waals surface area (Å²) in [5, 5.41) is 0. The summed E-state index contributed by atoms with van der Waals surface area (Å²) in [5.74, 6) is 0. The fraction of sp³-hybridized carbons (Fsp3) is 0.381. The lowest BCUT2D eigenvalue weighted by Gasteiger charge is -2.29. The molecule has 3 rings (SSSR count). The third-order valence-electron chi connectivity index (χ3n) is 5.27. The van der Waals surface area contributed by atoms with Gasteiger partial charge in [0.1, 0.15) is 6.17 Å². The molecular formula is C21H25FN2. The lowest BCUT2D eigenvalue weighted by Crippen LogP contribution is -2.24. The van der Waals surface area contributed by atoms with Crippen LogP contribution >= 0.6 is 0 Å². The van der Waals surface area contributed by atoms with Crippen molar-refractivity contribution in [1.82, 2.24) is 9.55 Å². The van der Waals surface area contributed by atoms with Crippen molar-refractivity contribution in [1.29, 1.82) is 0 Å². The molecule has 1 atom stereocenters. The summed E-state index contributed by atoms with van der Waals surface area (Å²) in [7, 11) is 0.